The number of benzene rings is 1. The van der Waals surface area contributed by atoms with Gasteiger partial charge in [0.1, 0.15) is 5.75 Å². The summed E-state index contributed by atoms with van der Waals surface area (Å²) in [5.74, 6) is 0.901. The number of hydrogen-bond donors (Lipinski definition) is 1. The third-order valence-electron chi connectivity index (χ3n) is 3.73. The van der Waals surface area contributed by atoms with E-state index in [1.165, 1.54) is 0 Å². The number of rotatable bonds is 6. The highest BCUT2D eigenvalue weighted by atomic mass is 32.1. The van der Waals surface area contributed by atoms with Crippen LogP contribution >= 0.6 is 11.3 Å². The fourth-order valence-electron chi connectivity index (χ4n) is 2.58. The molecule has 6 nitrogen and oxygen atoms in total. The van der Waals surface area contributed by atoms with Crippen LogP contribution in [0.15, 0.2) is 30.5 Å². The zero-order valence-electron chi connectivity index (χ0n) is 13.8. The fourth-order valence-corrected chi connectivity index (χ4v) is 3.41. The van der Waals surface area contributed by atoms with Gasteiger partial charge in [0, 0.05) is 12.1 Å². The Labute approximate surface area is 139 Å². The summed E-state index contributed by atoms with van der Waals surface area (Å²) in [4.78, 5) is 7.51. The van der Waals surface area contributed by atoms with Gasteiger partial charge in [0.25, 0.3) is 0 Å². The summed E-state index contributed by atoms with van der Waals surface area (Å²) < 4.78 is 7.31. The zero-order valence-corrected chi connectivity index (χ0v) is 14.6. The maximum absolute atomic E-state index is 5.50. The van der Waals surface area contributed by atoms with Crippen LogP contribution in [0, 0.1) is 6.92 Å². The molecule has 0 radical (unpaired) electrons. The van der Waals surface area contributed by atoms with Gasteiger partial charge in [-0.3, -0.25) is 0 Å². The van der Waals surface area contributed by atoms with Gasteiger partial charge in [-0.15, -0.1) is 5.10 Å². The fraction of sp³-hybridized carbons (Fsp3) is 0.375. The average molecular weight is 331 g/mol. The molecule has 3 aromatic rings. The van der Waals surface area contributed by atoms with Crippen molar-refractivity contribution in [3.63, 3.8) is 0 Å². The largest absolute Gasteiger partial charge is 0.496 e. The number of anilines is 1. The maximum atomic E-state index is 5.50. The molecule has 0 aliphatic heterocycles. The first kappa shape index (κ1) is 15.8. The number of fused-ring (bicyclic) bond motifs is 1. The third-order valence-corrected chi connectivity index (χ3v) is 4.61. The van der Waals surface area contributed by atoms with Crippen LogP contribution in [0.4, 0.5) is 5.13 Å². The minimum absolute atomic E-state index is 0.184. The lowest BCUT2D eigenvalue weighted by Crippen LogP contribution is -2.27. The van der Waals surface area contributed by atoms with Gasteiger partial charge in [0.15, 0.2) is 0 Å². The molecule has 0 saturated heterocycles. The maximum Gasteiger partial charge on any atom is 0.214 e. The molecule has 0 bridgehead atoms. The summed E-state index contributed by atoms with van der Waals surface area (Å²) in [5.41, 5.74) is 2.14. The molecule has 3 rings (SSSR count). The SMILES string of the molecule is COc1ccccc1C(CNc1nn2cc(C)nc2s1)N(C)C. The van der Waals surface area contributed by atoms with E-state index >= 15 is 0 Å². The lowest BCUT2D eigenvalue weighted by molar-refractivity contribution is 0.300. The predicted molar refractivity (Wildman–Crippen MR) is 93.5 cm³/mol. The van der Waals surface area contributed by atoms with E-state index in [0.29, 0.717) is 0 Å². The molecule has 122 valence electrons. The Hall–Kier alpha value is -2.12. The van der Waals surface area contributed by atoms with Crippen LogP contribution in [-0.2, 0) is 0 Å². The van der Waals surface area contributed by atoms with E-state index < -0.39 is 0 Å². The van der Waals surface area contributed by atoms with Crippen LogP contribution in [0.5, 0.6) is 5.75 Å². The summed E-state index contributed by atoms with van der Waals surface area (Å²) in [5, 5.41) is 8.80. The Morgan fingerprint density at radius 2 is 2.13 bits per heavy atom. The van der Waals surface area contributed by atoms with Gasteiger partial charge in [-0.25, -0.2) is 9.50 Å². The number of hydrogen-bond acceptors (Lipinski definition) is 6. The summed E-state index contributed by atoms with van der Waals surface area (Å²) in [6.07, 6.45) is 1.93. The monoisotopic (exact) mass is 331 g/mol. The van der Waals surface area contributed by atoms with Crippen molar-refractivity contribution < 1.29 is 4.74 Å². The molecule has 1 N–H and O–H groups in total. The van der Waals surface area contributed by atoms with Crippen molar-refractivity contribution in [2.45, 2.75) is 13.0 Å². The number of aryl methyl sites for hydroxylation is 1. The molecule has 2 heterocycles. The Balaban J connectivity index is 1.78. The number of methoxy groups -OCH3 is 1. The molecule has 7 heteroatoms. The molecular weight excluding hydrogens is 310 g/mol. The summed E-state index contributed by atoms with van der Waals surface area (Å²) in [6, 6.07) is 8.30. The Morgan fingerprint density at radius 3 is 2.83 bits per heavy atom. The summed E-state index contributed by atoms with van der Waals surface area (Å²) in [6.45, 7) is 2.71. The van der Waals surface area contributed by atoms with Crippen LogP contribution in [0.1, 0.15) is 17.3 Å². The molecule has 23 heavy (non-hydrogen) atoms. The molecule has 1 unspecified atom stereocenters. The summed E-state index contributed by atoms with van der Waals surface area (Å²) in [7, 11) is 5.84. The Kier molecular flexibility index (Phi) is 4.49. The van der Waals surface area contributed by atoms with Crippen LogP contribution < -0.4 is 10.1 Å². The second kappa shape index (κ2) is 6.55. The van der Waals surface area contributed by atoms with Crippen LogP contribution in [0.3, 0.4) is 0 Å². The molecule has 0 amide bonds. The molecular formula is C16H21N5OS. The van der Waals surface area contributed by atoms with Crippen LogP contribution in [0.25, 0.3) is 4.96 Å². The first-order chi connectivity index (χ1) is 11.1. The minimum atomic E-state index is 0.184. The summed E-state index contributed by atoms with van der Waals surface area (Å²) >= 11 is 1.56. The van der Waals surface area contributed by atoms with Crippen molar-refractivity contribution in [3.8, 4) is 5.75 Å². The number of likely N-dealkylation sites (N-methyl/N-ethyl adjacent to an activating group) is 1. The van der Waals surface area contributed by atoms with Crippen molar-refractivity contribution in [2.24, 2.45) is 0 Å². The van der Waals surface area contributed by atoms with Gasteiger partial charge in [-0.1, -0.05) is 29.5 Å². The van der Waals surface area contributed by atoms with Gasteiger partial charge in [-0.05, 0) is 27.1 Å². The van der Waals surface area contributed by atoms with Crippen LogP contribution in [0.2, 0.25) is 0 Å². The van der Waals surface area contributed by atoms with E-state index in [1.54, 1.807) is 18.4 Å². The van der Waals surface area contributed by atoms with Gasteiger partial charge in [0.2, 0.25) is 10.1 Å². The second-order valence-electron chi connectivity index (χ2n) is 5.62. The quantitative estimate of drug-likeness (QED) is 0.753. The molecule has 0 aliphatic rings. The van der Waals surface area contributed by atoms with E-state index in [2.05, 4.69) is 40.5 Å². The normalized spacial score (nSPS) is 12.7. The highest BCUT2D eigenvalue weighted by molar-refractivity contribution is 7.20. The van der Waals surface area contributed by atoms with Gasteiger partial charge in [0.05, 0.1) is 25.0 Å². The number of aromatic nitrogens is 3. The number of para-hydroxylation sites is 1. The molecule has 0 saturated carbocycles. The van der Waals surface area contributed by atoms with Gasteiger partial charge < -0.3 is 15.0 Å². The van der Waals surface area contributed by atoms with E-state index in [-0.39, 0.29) is 6.04 Å². The topological polar surface area (TPSA) is 54.7 Å². The molecule has 1 atom stereocenters. The first-order valence-corrected chi connectivity index (χ1v) is 8.26. The lowest BCUT2D eigenvalue weighted by atomic mass is 10.0. The number of nitrogens with one attached hydrogen (secondary N) is 1. The predicted octanol–water partition coefficient (Wildman–Crippen LogP) is 2.82. The van der Waals surface area contributed by atoms with Crippen molar-refractivity contribution >= 4 is 21.4 Å². The smallest absolute Gasteiger partial charge is 0.214 e. The Morgan fingerprint density at radius 1 is 1.35 bits per heavy atom. The van der Waals surface area contributed by atoms with Crippen molar-refractivity contribution in [2.75, 3.05) is 33.1 Å². The molecule has 0 aliphatic carbocycles. The van der Waals surface area contributed by atoms with Gasteiger partial charge >= 0.3 is 0 Å². The van der Waals surface area contributed by atoms with Crippen molar-refractivity contribution in [3.05, 3.63) is 41.7 Å². The third kappa shape index (κ3) is 3.30. The highest BCUT2D eigenvalue weighted by Gasteiger charge is 2.18. The first-order valence-electron chi connectivity index (χ1n) is 7.44. The minimum Gasteiger partial charge on any atom is -0.496 e. The molecule has 1 aromatic carbocycles. The van der Waals surface area contributed by atoms with E-state index in [0.717, 1.165) is 33.6 Å². The standard InChI is InChI=1S/C16H21N5OS/c1-11-10-21-16(18-11)23-15(19-21)17-9-13(20(2)3)12-7-5-6-8-14(12)22-4/h5-8,10,13H,9H2,1-4H3,(H,17,19). The van der Waals surface area contributed by atoms with E-state index in [1.807, 2.05) is 35.8 Å². The van der Waals surface area contributed by atoms with Gasteiger partial charge in [-0.2, -0.15) is 0 Å². The highest BCUT2D eigenvalue weighted by Crippen LogP contribution is 2.28. The van der Waals surface area contributed by atoms with Crippen molar-refractivity contribution in [1.29, 1.82) is 0 Å². The molecule has 0 spiro atoms. The molecule has 0 fully saturated rings. The van der Waals surface area contributed by atoms with Crippen LogP contribution in [-0.4, -0.2) is 47.2 Å². The number of imidazole rings is 1. The number of nitrogens with zero attached hydrogens (tertiary/aromatic N) is 4. The second-order valence-corrected chi connectivity index (χ2v) is 6.57. The van der Waals surface area contributed by atoms with Crippen molar-refractivity contribution in [1.82, 2.24) is 19.5 Å². The lowest BCUT2D eigenvalue weighted by Gasteiger charge is -2.26. The zero-order chi connectivity index (χ0) is 16.4. The van der Waals surface area contributed by atoms with E-state index in [9.17, 15) is 0 Å². The van der Waals surface area contributed by atoms with E-state index in [4.69, 9.17) is 4.74 Å². The molecule has 2 aromatic heterocycles. The number of ether oxygens (including phenoxy) is 1. The Bertz CT molecular complexity index is 763. The average Bonchev–Trinajstić information content (AvgIpc) is 3.04.